The van der Waals surface area contributed by atoms with Crippen molar-refractivity contribution in [3.63, 3.8) is 0 Å². The van der Waals surface area contributed by atoms with Gasteiger partial charge >= 0.3 is 0 Å². The minimum absolute atomic E-state index is 0.149. The van der Waals surface area contributed by atoms with Crippen molar-refractivity contribution in [3.8, 4) is 0 Å². The lowest BCUT2D eigenvalue weighted by atomic mass is 10.2. The number of nitrogens with zero attached hydrogens (tertiary/aromatic N) is 1. The molecule has 4 nitrogen and oxygen atoms in total. The number of carbonyl (C=O) groups excluding carboxylic acids is 1. The van der Waals surface area contributed by atoms with Gasteiger partial charge in [-0.05, 0) is 42.4 Å². The molecule has 0 atom stereocenters. The lowest BCUT2D eigenvalue weighted by molar-refractivity contribution is -0.645. The number of anilines is 1. The van der Waals surface area contributed by atoms with Crippen LogP contribution in [0.3, 0.4) is 0 Å². The van der Waals surface area contributed by atoms with E-state index in [4.69, 9.17) is 11.6 Å². The second-order valence-corrected chi connectivity index (χ2v) is 5.59. The molecule has 104 valence electrons. The summed E-state index contributed by atoms with van der Waals surface area (Å²) in [6.07, 6.45) is 1.40. The number of hydrogen-bond donors (Lipinski definition) is 1. The molecule has 1 amide bonds. The quantitative estimate of drug-likeness (QED) is 0.536. The van der Waals surface area contributed by atoms with Gasteiger partial charge in [0.25, 0.3) is 5.03 Å². The number of hydrogen-bond acceptors (Lipinski definition) is 3. The highest BCUT2D eigenvalue weighted by Crippen LogP contribution is 2.23. The second-order valence-electron chi connectivity index (χ2n) is 4.18. The summed E-state index contributed by atoms with van der Waals surface area (Å²) >= 11 is 7.22. The van der Waals surface area contributed by atoms with Gasteiger partial charge in [0.2, 0.25) is 5.91 Å². The summed E-state index contributed by atoms with van der Waals surface area (Å²) in [6.45, 7) is 1.93. The number of nitrogens with one attached hydrogen (secondary N) is 1. The summed E-state index contributed by atoms with van der Waals surface area (Å²) < 4.78 is 0.733. The fourth-order valence-corrected chi connectivity index (χ4v) is 2.57. The molecule has 6 heteroatoms. The number of aromatic nitrogens is 1. The smallest absolute Gasteiger partial charge is 0.251 e. The summed E-state index contributed by atoms with van der Waals surface area (Å²) in [5.41, 5.74) is 1.60. The van der Waals surface area contributed by atoms with Gasteiger partial charge in [0.1, 0.15) is 0 Å². The Morgan fingerprint density at radius 1 is 1.40 bits per heavy atom. The summed E-state index contributed by atoms with van der Waals surface area (Å²) in [6, 6.07) is 10.5. The normalized spacial score (nSPS) is 10.3. The van der Waals surface area contributed by atoms with E-state index >= 15 is 0 Å². The third kappa shape index (κ3) is 3.88. The van der Waals surface area contributed by atoms with E-state index in [9.17, 15) is 10.0 Å². The van der Waals surface area contributed by atoms with Crippen LogP contribution < -0.4 is 10.0 Å². The average molecular weight is 309 g/mol. The van der Waals surface area contributed by atoms with E-state index in [0.717, 1.165) is 10.3 Å². The summed E-state index contributed by atoms with van der Waals surface area (Å²) in [5, 5.41) is 15.1. The molecule has 2 aromatic rings. The number of carbonyl (C=O) groups is 1. The molecule has 1 N–H and O–H groups in total. The van der Waals surface area contributed by atoms with Crippen molar-refractivity contribution in [2.24, 2.45) is 0 Å². The molecular weight excluding hydrogens is 296 g/mol. The van der Waals surface area contributed by atoms with Crippen molar-refractivity contribution in [2.75, 3.05) is 11.1 Å². The molecule has 0 saturated heterocycles. The lowest BCUT2D eigenvalue weighted by Gasteiger charge is -2.07. The largest absolute Gasteiger partial charge is 0.618 e. The molecule has 20 heavy (non-hydrogen) atoms. The van der Waals surface area contributed by atoms with Crippen molar-refractivity contribution in [1.29, 1.82) is 0 Å². The van der Waals surface area contributed by atoms with E-state index in [2.05, 4.69) is 5.32 Å². The molecule has 0 unspecified atom stereocenters. The maximum absolute atomic E-state index is 11.8. The van der Waals surface area contributed by atoms with E-state index in [1.807, 2.05) is 13.0 Å². The highest BCUT2D eigenvalue weighted by molar-refractivity contribution is 7.99. The maximum atomic E-state index is 11.8. The van der Waals surface area contributed by atoms with Crippen LogP contribution in [0.2, 0.25) is 5.02 Å². The van der Waals surface area contributed by atoms with Crippen LogP contribution in [0.4, 0.5) is 5.69 Å². The number of halogens is 1. The van der Waals surface area contributed by atoms with E-state index in [1.54, 1.807) is 30.3 Å². The Labute approximate surface area is 126 Å². The first-order chi connectivity index (χ1) is 9.56. The third-order valence-corrected chi connectivity index (χ3v) is 3.87. The molecule has 0 bridgehead atoms. The van der Waals surface area contributed by atoms with Gasteiger partial charge in [-0.15, -0.1) is 0 Å². The molecule has 1 aromatic heterocycles. The van der Waals surface area contributed by atoms with Crippen molar-refractivity contribution >= 4 is 35.0 Å². The average Bonchev–Trinajstić information content (AvgIpc) is 2.41. The van der Waals surface area contributed by atoms with E-state index < -0.39 is 0 Å². The van der Waals surface area contributed by atoms with Crippen LogP contribution in [0.25, 0.3) is 0 Å². The molecule has 0 aliphatic carbocycles. The SMILES string of the molecule is Cc1ccc(NC(=O)CSc2cccc[n+]2[O-])c(Cl)c1. The minimum atomic E-state index is -0.204. The Morgan fingerprint density at radius 3 is 2.90 bits per heavy atom. The molecule has 0 saturated carbocycles. The number of pyridine rings is 1. The van der Waals surface area contributed by atoms with E-state index in [-0.39, 0.29) is 11.7 Å². The number of amides is 1. The number of thioether (sulfide) groups is 1. The first-order valence-electron chi connectivity index (χ1n) is 5.93. The van der Waals surface area contributed by atoms with Crippen LogP contribution in [0, 0.1) is 12.1 Å². The van der Waals surface area contributed by atoms with Crippen molar-refractivity contribution in [3.05, 3.63) is 58.4 Å². The van der Waals surface area contributed by atoms with Gasteiger partial charge in [0, 0.05) is 12.1 Å². The highest BCUT2D eigenvalue weighted by Gasteiger charge is 2.10. The Kier molecular flexibility index (Phi) is 4.87. The number of rotatable bonds is 4. The number of aryl methyl sites for hydroxylation is 1. The molecule has 0 spiro atoms. The molecule has 0 aliphatic heterocycles. The fourth-order valence-electron chi connectivity index (χ4n) is 1.57. The molecular formula is C14H13ClN2O2S. The van der Waals surface area contributed by atoms with E-state index in [1.165, 1.54) is 18.0 Å². The Balaban J connectivity index is 1.94. The zero-order valence-corrected chi connectivity index (χ0v) is 12.4. The summed E-state index contributed by atoms with van der Waals surface area (Å²) in [5.74, 6) is -0.0548. The third-order valence-electron chi connectivity index (χ3n) is 2.54. The molecule has 0 radical (unpaired) electrons. The first-order valence-corrected chi connectivity index (χ1v) is 7.29. The van der Waals surface area contributed by atoms with E-state index in [0.29, 0.717) is 15.7 Å². The zero-order valence-electron chi connectivity index (χ0n) is 10.8. The van der Waals surface area contributed by atoms with Crippen molar-refractivity contribution in [2.45, 2.75) is 11.9 Å². The molecule has 1 aromatic carbocycles. The second kappa shape index (κ2) is 6.63. The fraction of sp³-hybridized carbons (Fsp3) is 0.143. The van der Waals surface area contributed by atoms with Gasteiger partial charge in [-0.1, -0.05) is 17.7 Å². The maximum Gasteiger partial charge on any atom is 0.251 e. The van der Waals surface area contributed by atoms with Gasteiger partial charge in [-0.3, -0.25) is 4.79 Å². The number of benzene rings is 1. The first kappa shape index (κ1) is 14.7. The summed E-state index contributed by atoms with van der Waals surface area (Å²) in [4.78, 5) is 11.8. The van der Waals surface area contributed by atoms with Gasteiger partial charge in [-0.2, -0.15) is 4.73 Å². The molecule has 0 aliphatic rings. The standard InChI is InChI=1S/C14H13ClN2O2S/c1-10-5-6-12(11(15)8-10)16-13(18)9-20-14-4-2-3-7-17(14)19/h2-8H,9H2,1H3,(H,16,18). The highest BCUT2D eigenvalue weighted by atomic mass is 35.5. The molecule has 2 rings (SSSR count). The zero-order chi connectivity index (χ0) is 14.5. The van der Waals surface area contributed by atoms with Crippen molar-refractivity contribution in [1.82, 2.24) is 0 Å². The Hall–Kier alpha value is -1.72. The Morgan fingerprint density at radius 2 is 2.20 bits per heavy atom. The molecule has 0 fully saturated rings. The van der Waals surface area contributed by atoms with Crippen LogP contribution in [0.15, 0.2) is 47.6 Å². The Bertz CT molecular complexity index is 634. The van der Waals surface area contributed by atoms with Gasteiger partial charge < -0.3 is 10.5 Å². The van der Waals surface area contributed by atoms with Crippen LogP contribution in [-0.4, -0.2) is 11.7 Å². The van der Waals surface area contributed by atoms with Crippen LogP contribution in [0.5, 0.6) is 0 Å². The molecule has 1 heterocycles. The predicted molar refractivity (Wildman–Crippen MR) is 80.9 cm³/mol. The van der Waals surface area contributed by atoms with Crippen molar-refractivity contribution < 1.29 is 9.52 Å². The van der Waals surface area contributed by atoms with Gasteiger partial charge in [0.15, 0.2) is 6.20 Å². The topological polar surface area (TPSA) is 56.0 Å². The van der Waals surface area contributed by atoms with Crippen LogP contribution in [-0.2, 0) is 4.79 Å². The monoisotopic (exact) mass is 308 g/mol. The van der Waals surface area contributed by atoms with Crippen LogP contribution >= 0.6 is 23.4 Å². The minimum Gasteiger partial charge on any atom is -0.618 e. The predicted octanol–water partition coefficient (Wildman–Crippen LogP) is 3.01. The summed E-state index contributed by atoms with van der Waals surface area (Å²) in [7, 11) is 0. The van der Waals surface area contributed by atoms with Gasteiger partial charge in [-0.25, -0.2) is 0 Å². The lowest BCUT2D eigenvalue weighted by Crippen LogP contribution is -2.28. The van der Waals surface area contributed by atoms with Gasteiger partial charge in [0.05, 0.1) is 16.5 Å². The van der Waals surface area contributed by atoms with Crippen LogP contribution in [0.1, 0.15) is 5.56 Å².